The number of hydrogen-bond acceptors (Lipinski definition) is 5. The summed E-state index contributed by atoms with van der Waals surface area (Å²) in [6.45, 7) is 2.42. The molecule has 0 radical (unpaired) electrons. The SMILES string of the molecule is Cc1ccccc1CC(=O)N[C@]1(c2ccccc2)CCN(C(=O)c2cccnn2)C[C@H]1O. The number of nitrogens with zero attached hydrogens (tertiary/aromatic N) is 3. The minimum Gasteiger partial charge on any atom is -0.388 e. The van der Waals surface area contributed by atoms with Gasteiger partial charge in [0.1, 0.15) is 0 Å². The molecule has 164 valence electrons. The highest BCUT2D eigenvalue weighted by atomic mass is 16.3. The fourth-order valence-electron chi connectivity index (χ4n) is 4.26. The van der Waals surface area contributed by atoms with Gasteiger partial charge in [-0.3, -0.25) is 9.59 Å². The predicted molar refractivity (Wildman–Crippen MR) is 120 cm³/mol. The molecule has 2 heterocycles. The summed E-state index contributed by atoms with van der Waals surface area (Å²) in [7, 11) is 0. The van der Waals surface area contributed by atoms with Gasteiger partial charge < -0.3 is 15.3 Å². The molecule has 2 N–H and O–H groups in total. The largest absolute Gasteiger partial charge is 0.388 e. The van der Waals surface area contributed by atoms with E-state index < -0.39 is 11.6 Å². The summed E-state index contributed by atoms with van der Waals surface area (Å²) in [6.07, 6.45) is 1.12. The van der Waals surface area contributed by atoms with E-state index in [1.165, 1.54) is 6.20 Å². The lowest BCUT2D eigenvalue weighted by Gasteiger charge is -2.46. The molecule has 2 atom stereocenters. The number of hydrogen-bond donors (Lipinski definition) is 2. The zero-order chi connectivity index (χ0) is 22.6. The molecule has 2 aromatic carbocycles. The number of aromatic nitrogens is 2. The van der Waals surface area contributed by atoms with Gasteiger partial charge in [0, 0.05) is 19.3 Å². The van der Waals surface area contributed by atoms with Crippen LogP contribution in [-0.4, -0.2) is 51.2 Å². The number of carbonyl (C=O) groups is 2. The number of carbonyl (C=O) groups excluding carboxylic acids is 2. The normalized spacial score (nSPS) is 20.6. The number of aryl methyl sites for hydroxylation is 1. The third kappa shape index (κ3) is 4.38. The molecule has 1 aliphatic rings. The first-order valence-electron chi connectivity index (χ1n) is 10.7. The first-order valence-corrected chi connectivity index (χ1v) is 10.7. The second-order valence-electron chi connectivity index (χ2n) is 8.11. The van der Waals surface area contributed by atoms with E-state index in [1.54, 1.807) is 17.0 Å². The Hall–Kier alpha value is -3.58. The van der Waals surface area contributed by atoms with Crippen molar-refractivity contribution in [2.75, 3.05) is 13.1 Å². The van der Waals surface area contributed by atoms with Crippen LogP contribution in [0.25, 0.3) is 0 Å². The highest BCUT2D eigenvalue weighted by Crippen LogP contribution is 2.34. The first kappa shape index (κ1) is 21.6. The maximum absolute atomic E-state index is 13.1. The third-order valence-corrected chi connectivity index (χ3v) is 6.08. The third-order valence-electron chi connectivity index (χ3n) is 6.08. The molecule has 0 aliphatic carbocycles. The van der Waals surface area contributed by atoms with E-state index >= 15 is 0 Å². The van der Waals surface area contributed by atoms with Gasteiger partial charge in [-0.1, -0.05) is 54.6 Å². The van der Waals surface area contributed by atoms with Crippen molar-refractivity contribution in [2.24, 2.45) is 0 Å². The lowest BCUT2D eigenvalue weighted by Crippen LogP contribution is -2.63. The molecule has 7 heteroatoms. The Morgan fingerprint density at radius 2 is 1.84 bits per heavy atom. The maximum atomic E-state index is 13.1. The monoisotopic (exact) mass is 430 g/mol. The number of piperidine rings is 1. The summed E-state index contributed by atoms with van der Waals surface area (Å²) in [5.41, 5.74) is 2.05. The van der Waals surface area contributed by atoms with Crippen molar-refractivity contribution in [1.29, 1.82) is 0 Å². The Morgan fingerprint density at radius 3 is 2.53 bits per heavy atom. The van der Waals surface area contributed by atoms with Crippen LogP contribution < -0.4 is 5.32 Å². The molecular weight excluding hydrogens is 404 g/mol. The van der Waals surface area contributed by atoms with Crippen molar-refractivity contribution in [2.45, 2.75) is 31.4 Å². The van der Waals surface area contributed by atoms with E-state index in [9.17, 15) is 14.7 Å². The standard InChI is InChI=1S/C25H26N4O3/c1-18-8-5-6-9-19(18)16-23(31)27-25(20-10-3-2-4-11-20)13-15-29(17-22(25)30)24(32)21-12-7-14-26-28-21/h2-12,14,22,30H,13,15-17H2,1H3,(H,27,31)/t22-,25+/m1/s1. The van der Waals surface area contributed by atoms with Crippen LogP contribution in [0, 0.1) is 6.92 Å². The Bertz CT molecular complexity index is 1090. The molecule has 4 rings (SSSR count). The molecule has 1 aliphatic heterocycles. The molecule has 0 bridgehead atoms. The van der Waals surface area contributed by atoms with Gasteiger partial charge in [-0.2, -0.15) is 5.10 Å². The van der Waals surface area contributed by atoms with Crippen molar-refractivity contribution in [1.82, 2.24) is 20.4 Å². The second kappa shape index (κ2) is 9.28. The molecule has 0 saturated carbocycles. The van der Waals surface area contributed by atoms with Crippen molar-refractivity contribution in [3.05, 3.63) is 95.3 Å². The number of β-amino-alcohol motifs (C(OH)–C–C–N with tert-alkyl or cyclic N) is 1. The topological polar surface area (TPSA) is 95.4 Å². The van der Waals surface area contributed by atoms with E-state index in [4.69, 9.17) is 0 Å². The fraction of sp³-hybridized carbons (Fsp3) is 0.280. The molecule has 1 saturated heterocycles. The first-order chi connectivity index (χ1) is 15.5. The molecule has 0 spiro atoms. The Labute approximate surface area is 187 Å². The van der Waals surface area contributed by atoms with Crippen LogP contribution in [0.5, 0.6) is 0 Å². The summed E-state index contributed by atoms with van der Waals surface area (Å²) >= 11 is 0. The van der Waals surface area contributed by atoms with Gasteiger partial charge in [-0.25, -0.2) is 0 Å². The van der Waals surface area contributed by atoms with Crippen molar-refractivity contribution in [3.63, 3.8) is 0 Å². The quantitative estimate of drug-likeness (QED) is 0.647. The van der Waals surface area contributed by atoms with Gasteiger partial charge in [0.15, 0.2) is 5.69 Å². The van der Waals surface area contributed by atoms with E-state index in [0.717, 1.165) is 16.7 Å². The van der Waals surface area contributed by atoms with E-state index in [-0.39, 0.29) is 30.5 Å². The number of benzene rings is 2. The molecule has 0 unspecified atom stereocenters. The van der Waals surface area contributed by atoms with E-state index in [2.05, 4.69) is 15.5 Å². The van der Waals surface area contributed by atoms with Crippen molar-refractivity contribution < 1.29 is 14.7 Å². The summed E-state index contributed by atoms with van der Waals surface area (Å²) in [5.74, 6) is -0.457. The number of amides is 2. The molecule has 1 fully saturated rings. The van der Waals surface area contributed by atoms with Crippen LogP contribution in [0.15, 0.2) is 72.9 Å². The predicted octanol–water partition coefficient (Wildman–Crippen LogP) is 2.25. The lowest BCUT2D eigenvalue weighted by atomic mass is 9.78. The summed E-state index contributed by atoms with van der Waals surface area (Å²) < 4.78 is 0. The van der Waals surface area contributed by atoms with Crippen LogP contribution >= 0.6 is 0 Å². The van der Waals surface area contributed by atoms with Crippen molar-refractivity contribution in [3.8, 4) is 0 Å². The maximum Gasteiger partial charge on any atom is 0.274 e. The van der Waals surface area contributed by atoms with Gasteiger partial charge in [0.05, 0.1) is 18.1 Å². The minimum atomic E-state index is -0.986. The van der Waals surface area contributed by atoms with Gasteiger partial charge in [0.25, 0.3) is 5.91 Å². The van der Waals surface area contributed by atoms with Crippen LogP contribution in [0.3, 0.4) is 0 Å². The second-order valence-corrected chi connectivity index (χ2v) is 8.11. The van der Waals surface area contributed by atoms with E-state index in [0.29, 0.717) is 13.0 Å². The zero-order valence-corrected chi connectivity index (χ0v) is 17.9. The number of aliphatic hydroxyl groups excluding tert-OH is 1. The highest BCUT2D eigenvalue weighted by Gasteiger charge is 2.46. The Kier molecular flexibility index (Phi) is 6.28. The minimum absolute atomic E-state index is 0.0783. The van der Waals surface area contributed by atoms with Gasteiger partial charge in [0.2, 0.25) is 5.91 Å². The van der Waals surface area contributed by atoms with Gasteiger partial charge in [-0.15, -0.1) is 5.10 Å². The number of rotatable bonds is 5. The molecule has 1 aromatic heterocycles. The molecule has 7 nitrogen and oxygen atoms in total. The van der Waals surface area contributed by atoms with Crippen LogP contribution in [0.4, 0.5) is 0 Å². The number of nitrogens with one attached hydrogen (secondary N) is 1. The van der Waals surface area contributed by atoms with E-state index in [1.807, 2.05) is 61.5 Å². The average Bonchev–Trinajstić information content (AvgIpc) is 2.82. The summed E-state index contributed by atoms with van der Waals surface area (Å²) in [6, 6.07) is 20.5. The summed E-state index contributed by atoms with van der Waals surface area (Å²) in [4.78, 5) is 27.5. The smallest absolute Gasteiger partial charge is 0.274 e. The molecule has 3 aromatic rings. The van der Waals surface area contributed by atoms with Crippen LogP contribution in [0.1, 0.15) is 33.6 Å². The number of aliphatic hydroxyl groups is 1. The number of likely N-dealkylation sites (tertiary alicyclic amines) is 1. The summed E-state index contributed by atoms with van der Waals surface area (Å²) in [5, 5.41) is 22.0. The zero-order valence-electron chi connectivity index (χ0n) is 17.9. The van der Waals surface area contributed by atoms with Gasteiger partial charge >= 0.3 is 0 Å². The van der Waals surface area contributed by atoms with Crippen molar-refractivity contribution >= 4 is 11.8 Å². The Morgan fingerprint density at radius 1 is 1.09 bits per heavy atom. The lowest BCUT2D eigenvalue weighted by molar-refractivity contribution is -0.126. The molecular formula is C25H26N4O3. The molecule has 32 heavy (non-hydrogen) atoms. The highest BCUT2D eigenvalue weighted by molar-refractivity contribution is 5.92. The van der Waals surface area contributed by atoms with Crippen LogP contribution in [-0.2, 0) is 16.8 Å². The molecule has 2 amide bonds. The average molecular weight is 431 g/mol. The Balaban J connectivity index is 1.57. The van der Waals surface area contributed by atoms with Gasteiger partial charge in [-0.05, 0) is 42.2 Å². The van der Waals surface area contributed by atoms with Crippen LogP contribution in [0.2, 0.25) is 0 Å². The fourth-order valence-corrected chi connectivity index (χ4v) is 4.26.